The molecule has 21 heavy (non-hydrogen) atoms. The normalized spacial score (nSPS) is 20.4. The van der Waals surface area contributed by atoms with Gasteiger partial charge in [0, 0.05) is 24.8 Å². The summed E-state index contributed by atoms with van der Waals surface area (Å²) in [5.74, 6) is 0. The third-order valence-electron chi connectivity index (χ3n) is 4.58. The van der Waals surface area contributed by atoms with Gasteiger partial charge in [-0.2, -0.15) is 0 Å². The summed E-state index contributed by atoms with van der Waals surface area (Å²) in [4.78, 5) is 22.3. The molecule has 2 aromatic rings. The Morgan fingerprint density at radius 2 is 2.29 bits per heavy atom. The quantitative estimate of drug-likeness (QED) is 0.939. The highest BCUT2D eigenvalue weighted by molar-refractivity contribution is 5.73. The molecule has 0 aliphatic carbocycles. The van der Waals surface area contributed by atoms with E-state index in [0.29, 0.717) is 17.6 Å². The molecule has 0 spiro atoms. The molecule has 114 valence electrons. The number of hydrogen-bond donors (Lipinski definition) is 1. The highest BCUT2D eigenvalue weighted by Gasteiger charge is 2.24. The van der Waals surface area contributed by atoms with Crippen LogP contribution in [0.3, 0.4) is 0 Å². The molecule has 3 heterocycles. The Morgan fingerprint density at radius 3 is 3.10 bits per heavy atom. The molecule has 1 saturated heterocycles. The highest BCUT2D eigenvalue weighted by atomic mass is 16.1. The second-order valence-electron chi connectivity index (χ2n) is 6.25. The number of aryl methyl sites for hydroxylation is 1. The number of nitrogens with zero attached hydrogens (tertiary/aromatic N) is 3. The summed E-state index contributed by atoms with van der Waals surface area (Å²) in [6.07, 6.45) is 8.31. The number of aromatic amines is 1. The Bertz CT molecular complexity index is 658. The van der Waals surface area contributed by atoms with Crippen LogP contribution in [0.15, 0.2) is 23.4 Å². The van der Waals surface area contributed by atoms with E-state index in [-0.39, 0.29) is 5.56 Å². The zero-order valence-electron chi connectivity index (χ0n) is 12.9. The van der Waals surface area contributed by atoms with Crippen LogP contribution < -0.4 is 5.56 Å². The molecule has 0 saturated carbocycles. The first kappa shape index (κ1) is 14.3. The van der Waals surface area contributed by atoms with Crippen molar-refractivity contribution in [2.75, 3.05) is 6.54 Å². The highest BCUT2D eigenvalue weighted by Crippen LogP contribution is 2.22. The SMILES string of the molecule is CC(C)N1CCCCC1CCn1cnc2cc[nH]c2c1=O. The maximum atomic E-state index is 12.4. The average Bonchev–Trinajstić information content (AvgIpc) is 2.96. The van der Waals surface area contributed by atoms with Gasteiger partial charge in [-0.3, -0.25) is 14.3 Å². The number of aromatic nitrogens is 3. The fraction of sp³-hybridized carbons (Fsp3) is 0.625. The van der Waals surface area contributed by atoms with Gasteiger partial charge in [0.15, 0.2) is 0 Å². The zero-order valence-corrected chi connectivity index (χ0v) is 12.9. The van der Waals surface area contributed by atoms with E-state index in [0.717, 1.165) is 18.5 Å². The number of H-pyrrole nitrogens is 1. The van der Waals surface area contributed by atoms with Crippen molar-refractivity contribution < 1.29 is 0 Å². The fourth-order valence-electron chi connectivity index (χ4n) is 3.43. The molecule has 1 N–H and O–H groups in total. The van der Waals surface area contributed by atoms with E-state index in [1.807, 2.05) is 6.07 Å². The van der Waals surface area contributed by atoms with E-state index in [4.69, 9.17) is 0 Å². The molecule has 0 bridgehead atoms. The summed E-state index contributed by atoms with van der Waals surface area (Å²) >= 11 is 0. The molecule has 0 radical (unpaired) electrons. The van der Waals surface area contributed by atoms with Gasteiger partial charge in [-0.1, -0.05) is 6.42 Å². The Morgan fingerprint density at radius 1 is 1.43 bits per heavy atom. The van der Waals surface area contributed by atoms with Gasteiger partial charge in [-0.15, -0.1) is 0 Å². The first-order valence-electron chi connectivity index (χ1n) is 7.95. The van der Waals surface area contributed by atoms with Crippen LogP contribution in [0, 0.1) is 0 Å². The van der Waals surface area contributed by atoms with Crippen molar-refractivity contribution in [3.8, 4) is 0 Å². The van der Waals surface area contributed by atoms with Crippen molar-refractivity contribution in [1.82, 2.24) is 19.4 Å². The van der Waals surface area contributed by atoms with Gasteiger partial charge in [-0.25, -0.2) is 4.98 Å². The van der Waals surface area contributed by atoms with Gasteiger partial charge in [0.25, 0.3) is 5.56 Å². The number of rotatable bonds is 4. The van der Waals surface area contributed by atoms with E-state index in [1.54, 1.807) is 17.1 Å². The molecule has 3 rings (SSSR count). The van der Waals surface area contributed by atoms with Gasteiger partial charge in [0.05, 0.1) is 11.8 Å². The largest absolute Gasteiger partial charge is 0.355 e. The summed E-state index contributed by atoms with van der Waals surface area (Å²) < 4.78 is 1.74. The van der Waals surface area contributed by atoms with Crippen LogP contribution in [0.1, 0.15) is 39.5 Å². The van der Waals surface area contributed by atoms with Gasteiger partial charge in [0.1, 0.15) is 5.52 Å². The predicted molar refractivity (Wildman–Crippen MR) is 84.5 cm³/mol. The topological polar surface area (TPSA) is 53.9 Å². The summed E-state index contributed by atoms with van der Waals surface area (Å²) in [5, 5.41) is 0. The van der Waals surface area contributed by atoms with E-state index < -0.39 is 0 Å². The zero-order chi connectivity index (χ0) is 14.8. The van der Waals surface area contributed by atoms with Gasteiger partial charge in [0.2, 0.25) is 0 Å². The third kappa shape index (κ3) is 2.88. The Hall–Kier alpha value is -1.62. The smallest absolute Gasteiger partial charge is 0.277 e. The Labute approximate surface area is 125 Å². The fourth-order valence-corrected chi connectivity index (χ4v) is 3.43. The molecule has 1 aliphatic heterocycles. The van der Waals surface area contributed by atoms with E-state index >= 15 is 0 Å². The van der Waals surface area contributed by atoms with Crippen molar-refractivity contribution in [2.24, 2.45) is 0 Å². The summed E-state index contributed by atoms with van der Waals surface area (Å²) in [6, 6.07) is 3.00. The first-order valence-corrected chi connectivity index (χ1v) is 7.95. The Kier molecular flexibility index (Phi) is 4.10. The van der Waals surface area contributed by atoms with E-state index in [2.05, 4.69) is 28.7 Å². The standard InChI is InChI=1S/C16H24N4O/c1-12(2)20-9-4-3-5-13(20)7-10-19-11-18-14-6-8-17-15(14)16(19)21/h6,8,11-13,17H,3-5,7,9-10H2,1-2H3. The summed E-state index contributed by atoms with van der Waals surface area (Å²) in [6.45, 7) is 6.45. The van der Waals surface area contributed by atoms with Crippen LogP contribution in [0.4, 0.5) is 0 Å². The van der Waals surface area contributed by atoms with Crippen LogP contribution in [0.5, 0.6) is 0 Å². The lowest BCUT2D eigenvalue weighted by molar-refractivity contribution is 0.102. The maximum Gasteiger partial charge on any atom is 0.277 e. The molecule has 0 amide bonds. The third-order valence-corrected chi connectivity index (χ3v) is 4.58. The molecule has 0 aromatic carbocycles. The minimum atomic E-state index is 0.0388. The molecule has 1 unspecified atom stereocenters. The average molecular weight is 288 g/mol. The van der Waals surface area contributed by atoms with E-state index in [9.17, 15) is 4.79 Å². The van der Waals surface area contributed by atoms with Crippen molar-refractivity contribution in [3.05, 3.63) is 28.9 Å². The van der Waals surface area contributed by atoms with Crippen LogP contribution in [-0.2, 0) is 6.54 Å². The van der Waals surface area contributed by atoms with Crippen molar-refractivity contribution in [2.45, 2.75) is 58.2 Å². The van der Waals surface area contributed by atoms with Crippen LogP contribution in [-0.4, -0.2) is 38.1 Å². The lowest BCUT2D eigenvalue weighted by Gasteiger charge is -2.38. The van der Waals surface area contributed by atoms with Crippen molar-refractivity contribution >= 4 is 11.0 Å². The lowest BCUT2D eigenvalue weighted by Crippen LogP contribution is -2.44. The van der Waals surface area contributed by atoms with Gasteiger partial charge >= 0.3 is 0 Å². The van der Waals surface area contributed by atoms with Crippen molar-refractivity contribution in [3.63, 3.8) is 0 Å². The van der Waals surface area contributed by atoms with E-state index in [1.165, 1.54) is 25.8 Å². The van der Waals surface area contributed by atoms with Crippen LogP contribution in [0.25, 0.3) is 11.0 Å². The van der Waals surface area contributed by atoms with Crippen molar-refractivity contribution in [1.29, 1.82) is 0 Å². The molecule has 5 nitrogen and oxygen atoms in total. The molecule has 1 aliphatic rings. The molecule has 1 atom stereocenters. The maximum absolute atomic E-state index is 12.4. The summed E-state index contributed by atoms with van der Waals surface area (Å²) in [7, 11) is 0. The number of piperidine rings is 1. The van der Waals surface area contributed by atoms with Gasteiger partial charge in [-0.05, 0) is 45.7 Å². The second kappa shape index (κ2) is 6.02. The Balaban J connectivity index is 1.73. The number of hydrogen-bond acceptors (Lipinski definition) is 3. The predicted octanol–water partition coefficient (Wildman–Crippen LogP) is 2.38. The molecule has 1 fully saturated rings. The first-order chi connectivity index (χ1) is 10.2. The lowest BCUT2D eigenvalue weighted by atomic mass is 9.98. The second-order valence-corrected chi connectivity index (χ2v) is 6.25. The minimum Gasteiger partial charge on any atom is -0.355 e. The number of likely N-dealkylation sites (tertiary alicyclic amines) is 1. The number of fused-ring (bicyclic) bond motifs is 1. The molecular formula is C16H24N4O. The monoisotopic (exact) mass is 288 g/mol. The van der Waals surface area contributed by atoms with Crippen LogP contribution >= 0.6 is 0 Å². The molecule has 2 aromatic heterocycles. The number of nitrogens with one attached hydrogen (secondary N) is 1. The summed E-state index contributed by atoms with van der Waals surface area (Å²) in [5.41, 5.74) is 1.40. The van der Waals surface area contributed by atoms with Crippen LogP contribution in [0.2, 0.25) is 0 Å². The minimum absolute atomic E-state index is 0.0388. The molecule has 5 heteroatoms. The van der Waals surface area contributed by atoms with Gasteiger partial charge < -0.3 is 4.98 Å². The molecular weight excluding hydrogens is 264 g/mol.